The summed E-state index contributed by atoms with van der Waals surface area (Å²) in [6, 6.07) is 13.3. The maximum absolute atomic E-state index is 12.3. The van der Waals surface area contributed by atoms with Crippen LogP contribution >= 0.6 is 0 Å². The number of hydrogen-bond donors (Lipinski definition) is 0. The number of esters is 1. The second-order valence-corrected chi connectivity index (χ2v) is 5.25. The molecule has 2 rings (SSSR count). The second kappa shape index (κ2) is 7.02. The van der Waals surface area contributed by atoms with Crippen LogP contribution in [0.15, 0.2) is 42.5 Å². The summed E-state index contributed by atoms with van der Waals surface area (Å²) in [6.07, 6.45) is 1.70. The molecule has 0 aliphatic carbocycles. The van der Waals surface area contributed by atoms with Crippen LogP contribution < -0.4 is 0 Å². The minimum atomic E-state index is -0.301. The van der Waals surface area contributed by atoms with Crippen LogP contribution in [0.4, 0.5) is 0 Å². The first-order valence-electron chi connectivity index (χ1n) is 7.31. The lowest BCUT2D eigenvalue weighted by molar-refractivity contribution is -0.146. The molecule has 3 heteroatoms. The molecule has 0 aliphatic rings. The van der Waals surface area contributed by atoms with Crippen molar-refractivity contribution in [2.45, 2.75) is 26.7 Å². The summed E-state index contributed by atoms with van der Waals surface area (Å²) < 4.78 is 5.13. The first-order chi connectivity index (χ1) is 10.1. The molecule has 0 saturated carbocycles. The highest BCUT2D eigenvalue weighted by Crippen LogP contribution is 2.19. The van der Waals surface area contributed by atoms with E-state index in [1.165, 1.54) is 0 Å². The highest BCUT2D eigenvalue weighted by atomic mass is 16.5. The van der Waals surface area contributed by atoms with Gasteiger partial charge in [-0.05, 0) is 17.2 Å². The van der Waals surface area contributed by atoms with Gasteiger partial charge in [0.05, 0.1) is 5.92 Å². The van der Waals surface area contributed by atoms with Gasteiger partial charge in [-0.3, -0.25) is 9.59 Å². The zero-order valence-electron chi connectivity index (χ0n) is 12.5. The average Bonchev–Trinajstić information content (AvgIpc) is 2.51. The Bertz CT molecular complexity index is 640. The van der Waals surface area contributed by atoms with Gasteiger partial charge in [-0.15, -0.1) is 0 Å². The summed E-state index contributed by atoms with van der Waals surface area (Å²) in [6.45, 7) is 3.65. The van der Waals surface area contributed by atoms with Crippen LogP contribution in [-0.2, 0) is 9.53 Å². The quantitative estimate of drug-likeness (QED) is 0.595. The van der Waals surface area contributed by atoms with E-state index in [2.05, 4.69) is 0 Å². The van der Waals surface area contributed by atoms with Crippen molar-refractivity contribution in [2.75, 3.05) is 6.61 Å². The van der Waals surface area contributed by atoms with Gasteiger partial charge in [-0.2, -0.15) is 0 Å². The number of benzene rings is 2. The van der Waals surface area contributed by atoms with Crippen LogP contribution in [0.1, 0.15) is 37.0 Å². The Morgan fingerprint density at radius 2 is 1.81 bits per heavy atom. The van der Waals surface area contributed by atoms with E-state index in [1.54, 1.807) is 6.07 Å². The number of hydrogen-bond acceptors (Lipinski definition) is 3. The molecule has 0 aliphatic heterocycles. The minimum Gasteiger partial charge on any atom is -0.457 e. The van der Waals surface area contributed by atoms with Gasteiger partial charge in [0, 0.05) is 5.56 Å². The highest BCUT2D eigenvalue weighted by Gasteiger charge is 2.16. The van der Waals surface area contributed by atoms with Crippen LogP contribution in [-0.4, -0.2) is 18.4 Å². The highest BCUT2D eigenvalue weighted by molar-refractivity contribution is 6.09. The van der Waals surface area contributed by atoms with E-state index in [0.29, 0.717) is 5.56 Å². The van der Waals surface area contributed by atoms with E-state index in [-0.39, 0.29) is 24.3 Å². The van der Waals surface area contributed by atoms with Crippen LogP contribution in [0.2, 0.25) is 0 Å². The Labute approximate surface area is 124 Å². The molecule has 3 nitrogen and oxygen atoms in total. The molecule has 0 unspecified atom stereocenters. The van der Waals surface area contributed by atoms with E-state index in [1.807, 2.05) is 50.2 Å². The smallest absolute Gasteiger partial charge is 0.309 e. The molecule has 0 saturated heterocycles. The lowest BCUT2D eigenvalue weighted by Gasteiger charge is -2.10. The van der Waals surface area contributed by atoms with E-state index in [4.69, 9.17) is 4.74 Å². The maximum atomic E-state index is 12.3. The van der Waals surface area contributed by atoms with Crippen molar-refractivity contribution in [1.82, 2.24) is 0 Å². The van der Waals surface area contributed by atoms with Crippen LogP contribution in [0.5, 0.6) is 0 Å². The van der Waals surface area contributed by atoms with Gasteiger partial charge in [0.1, 0.15) is 0 Å². The van der Waals surface area contributed by atoms with Crippen LogP contribution in [0, 0.1) is 5.92 Å². The van der Waals surface area contributed by atoms with Gasteiger partial charge in [0.2, 0.25) is 5.78 Å². The zero-order valence-corrected chi connectivity index (χ0v) is 12.5. The summed E-state index contributed by atoms with van der Waals surface area (Å²) in [4.78, 5) is 24.0. The summed E-state index contributed by atoms with van der Waals surface area (Å²) in [5.41, 5.74) is 0.601. The number of carbonyl (C=O) groups excluding carboxylic acids is 2. The molecule has 0 radical (unpaired) electrons. The minimum absolute atomic E-state index is 0.157. The standard InChI is InChI=1S/C18H20O3/c1-3-7-13(2)18(20)21-12-17(19)16-11-6-9-14-8-4-5-10-15(14)16/h4-6,8-11,13H,3,7,12H2,1-2H3/t13-/m1/s1. The molecular formula is C18H20O3. The third-order valence-electron chi connectivity index (χ3n) is 3.56. The van der Waals surface area contributed by atoms with Crippen molar-refractivity contribution in [3.63, 3.8) is 0 Å². The van der Waals surface area contributed by atoms with Gasteiger partial charge in [0.15, 0.2) is 6.61 Å². The zero-order chi connectivity index (χ0) is 15.2. The van der Waals surface area contributed by atoms with Crippen molar-refractivity contribution in [1.29, 1.82) is 0 Å². The molecule has 1 atom stereocenters. The molecule has 110 valence electrons. The Hall–Kier alpha value is -2.16. The normalized spacial score (nSPS) is 12.1. The van der Waals surface area contributed by atoms with Gasteiger partial charge < -0.3 is 4.74 Å². The molecule has 0 bridgehead atoms. The lowest BCUT2D eigenvalue weighted by Crippen LogP contribution is -2.19. The average molecular weight is 284 g/mol. The number of rotatable bonds is 6. The van der Waals surface area contributed by atoms with E-state index in [9.17, 15) is 9.59 Å². The molecule has 0 aromatic heterocycles. The summed E-state index contributed by atoms with van der Waals surface area (Å²) in [7, 11) is 0. The summed E-state index contributed by atoms with van der Waals surface area (Å²) >= 11 is 0. The van der Waals surface area contributed by atoms with Gasteiger partial charge >= 0.3 is 5.97 Å². The Morgan fingerprint density at radius 1 is 1.10 bits per heavy atom. The largest absolute Gasteiger partial charge is 0.457 e. The molecule has 0 heterocycles. The number of carbonyl (C=O) groups is 2. The van der Waals surface area contributed by atoms with E-state index in [0.717, 1.165) is 23.6 Å². The Morgan fingerprint density at radius 3 is 2.57 bits per heavy atom. The Balaban J connectivity index is 2.08. The summed E-state index contributed by atoms with van der Waals surface area (Å²) in [5.74, 6) is -0.621. The Kier molecular flexibility index (Phi) is 5.09. The SMILES string of the molecule is CCC[C@@H](C)C(=O)OCC(=O)c1cccc2ccccc12. The van der Waals surface area contributed by atoms with Gasteiger partial charge in [-0.1, -0.05) is 62.7 Å². The maximum Gasteiger partial charge on any atom is 0.309 e. The third-order valence-corrected chi connectivity index (χ3v) is 3.56. The first-order valence-corrected chi connectivity index (χ1v) is 7.31. The fraction of sp³-hybridized carbons (Fsp3) is 0.333. The monoisotopic (exact) mass is 284 g/mol. The topological polar surface area (TPSA) is 43.4 Å². The molecule has 0 fully saturated rings. The molecule has 0 amide bonds. The summed E-state index contributed by atoms with van der Waals surface area (Å²) in [5, 5.41) is 1.90. The fourth-order valence-electron chi connectivity index (χ4n) is 2.38. The molecule has 0 spiro atoms. The molecule has 2 aromatic carbocycles. The molecule has 2 aromatic rings. The van der Waals surface area contributed by atoms with E-state index < -0.39 is 0 Å². The third kappa shape index (κ3) is 3.69. The molecule has 0 N–H and O–H groups in total. The fourth-order valence-corrected chi connectivity index (χ4v) is 2.38. The molecule has 21 heavy (non-hydrogen) atoms. The second-order valence-electron chi connectivity index (χ2n) is 5.25. The first kappa shape index (κ1) is 15.2. The predicted molar refractivity (Wildman–Crippen MR) is 83.3 cm³/mol. The number of Topliss-reactive ketones (excluding diaryl/α,β-unsaturated/α-hetero) is 1. The van der Waals surface area contributed by atoms with E-state index >= 15 is 0 Å². The van der Waals surface area contributed by atoms with Gasteiger partial charge in [-0.25, -0.2) is 0 Å². The van der Waals surface area contributed by atoms with Gasteiger partial charge in [0.25, 0.3) is 0 Å². The van der Waals surface area contributed by atoms with Crippen molar-refractivity contribution in [2.24, 2.45) is 5.92 Å². The number of ether oxygens (including phenoxy) is 1. The van der Waals surface area contributed by atoms with Crippen molar-refractivity contribution >= 4 is 22.5 Å². The predicted octanol–water partition coefficient (Wildman–Crippen LogP) is 4.00. The number of fused-ring (bicyclic) bond motifs is 1. The molecular weight excluding hydrogens is 264 g/mol. The number of ketones is 1. The lowest BCUT2D eigenvalue weighted by atomic mass is 10.0. The van der Waals surface area contributed by atoms with Crippen LogP contribution in [0.3, 0.4) is 0 Å². The van der Waals surface area contributed by atoms with Crippen molar-refractivity contribution in [3.8, 4) is 0 Å². The van der Waals surface area contributed by atoms with Crippen molar-refractivity contribution in [3.05, 3.63) is 48.0 Å². The van der Waals surface area contributed by atoms with Crippen molar-refractivity contribution < 1.29 is 14.3 Å². The van der Waals surface area contributed by atoms with Crippen LogP contribution in [0.25, 0.3) is 10.8 Å².